The molecule has 3 nitrogen and oxygen atoms in total. The second-order valence-corrected chi connectivity index (χ2v) is 5.97. The van der Waals surface area contributed by atoms with Crippen molar-refractivity contribution in [1.82, 2.24) is 4.98 Å². The fourth-order valence-corrected chi connectivity index (χ4v) is 2.85. The largest absolute Gasteiger partial charge is 0.478 e. The predicted molar refractivity (Wildman–Crippen MR) is 86.8 cm³/mol. The van der Waals surface area contributed by atoms with Crippen molar-refractivity contribution in [2.24, 2.45) is 0 Å². The number of carboxylic acids is 1. The Balaban J connectivity index is 2.51. The Kier molecular flexibility index (Phi) is 4.04. The zero-order chi connectivity index (χ0) is 17.5. The maximum Gasteiger partial charge on any atom is 0.417 e. The number of halogens is 4. The summed E-state index contributed by atoms with van der Waals surface area (Å²) in [5, 5.41) is 9.61. The van der Waals surface area contributed by atoms with E-state index in [1.807, 2.05) is 0 Å². The number of hydrogen-bond donors (Lipinski definition) is 1. The molecular formula is C17H9BrF3NO2. The van der Waals surface area contributed by atoms with Gasteiger partial charge in [-0.1, -0.05) is 34.1 Å². The molecule has 3 rings (SSSR count). The van der Waals surface area contributed by atoms with Gasteiger partial charge in [-0.25, -0.2) is 4.79 Å². The van der Waals surface area contributed by atoms with E-state index in [1.165, 1.54) is 24.4 Å². The van der Waals surface area contributed by atoms with E-state index in [4.69, 9.17) is 0 Å². The molecule has 0 aliphatic rings. The first kappa shape index (κ1) is 16.4. The number of benzene rings is 2. The first-order valence-corrected chi connectivity index (χ1v) is 7.56. The number of carboxylic acid groups (broad SMARTS) is 1. The smallest absolute Gasteiger partial charge is 0.417 e. The number of rotatable bonds is 2. The van der Waals surface area contributed by atoms with E-state index in [9.17, 15) is 23.1 Å². The summed E-state index contributed by atoms with van der Waals surface area (Å²) in [6.45, 7) is 0. The van der Waals surface area contributed by atoms with Crippen molar-refractivity contribution >= 4 is 32.8 Å². The lowest BCUT2D eigenvalue weighted by atomic mass is 9.91. The van der Waals surface area contributed by atoms with E-state index in [0.29, 0.717) is 9.86 Å². The molecule has 0 spiro atoms. The lowest BCUT2D eigenvalue weighted by Gasteiger charge is -2.18. The molecule has 0 fully saturated rings. The fraction of sp³-hybridized carbons (Fsp3) is 0.0588. The second-order valence-electron chi connectivity index (χ2n) is 5.06. The van der Waals surface area contributed by atoms with Crippen molar-refractivity contribution in [2.45, 2.75) is 6.18 Å². The molecule has 0 unspecified atom stereocenters. The van der Waals surface area contributed by atoms with E-state index in [2.05, 4.69) is 20.9 Å². The van der Waals surface area contributed by atoms with Crippen molar-refractivity contribution in [3.05, 3.63) is 64.3 Å². The lowest BCUT2D eigenvalue weighted by Crippen LogP contribution is -2.15. The van der Waals surface area contributed by atoms with Gasteiger partial charge in [0.2, 0.25) is 0 Å². The molecule has 1 heterocycles. The van der Waals surface area contributed by atoms with Gasteiger partial charge in [0.25, 0.3) is 0 Å². The van der Waals surface area contributed by atoms with Crippen LogP contribution in [0.2, 0.25) is 0 Å². The molecule has 122 valence electrons. The molecule has 0 aliphatic heterocycles. The summed E-state index contributed by atoms with van der Waals surface area (Å²) in [4.78, 5) is 15.5. The summed E-state index contributed by atoms with van der Waals surface area (Å²) >= 11 is 3.23. The minimum absolute atomic E-state index is 0.108. The summed E-state index contributed by atoms with van der Waals surface area (Å²) < 4.78 is 41.7. The highest BCUT2D eigenvalue weighted by atomic mass is 79.9. The quantitative estimate of drug-likeness (QED) is 0.633. The average molecular weight is 396 g/mol. The zero-order valence-electron chi connectivity index (χ0n) is 11.9. The fourth-order valence-electron chi connectivity index (χ4n) is 2.58. The van der Waals surface area contributed by atoms with Gasteiger partial charge in [-0.2, -0.15) is 13.2 Å². The summed E-state index contributed by atoms with van der Waals surface area (Å²) in [6.07, 6.45) is -3.45. The standard InChI is InChI=1S/C17H9BrF3NO2/c18-11-5-3-9(4-6-11)13-14(17(19,20)21)12(16(23)24)8-10-2-1-7-22-15(10)13/h1-8H,(H,23,24). The van der Waals surface area contributed by atoms with E-state index < -0.39 is 23.3 Å². The van der Waals surface area contributed by atoms with Crippen LogP contribution in [0.5, 0.6) is 0 Å². The number of carbonyl (C=O) groups is 1. The monoisotopic (exact) mass is 395 g/mol. The van der Waals surface area contributed by atoms with Gasteiger partial charge in [0.15, 0.2) is 0 Å². The van der Waals surface area contributed by atoms with Gasteiger partial charge in [-0.05, 0) is 29.8 Å². The minimum Gasteiger partial charge on any atom is -0.478 e. The normalized spacial score (nSPS) is 11.7. The summed E-state index contributed by atoms with van der Waals surface area (Å²) in [7, 11) is 0. The van der Waals surface area contributed by atoms with E-state index in [-0.39, 0.29) is 16.6 Å². The van der Waals surface area contributed by atoms with Crippen LogP contribution in [0.1, 0.15) is 15.9 Å². The number of nitrogens with zero attached hydrogens (tertiary/aromatic N) is 1. The first-order valence-electron chi connectivity index (χ1n) is 6.77. The number of hydrogen-bond acceptors (Lipinski definition) is 2. The Labute approximate surface area is 142 Å². The molecule has 0 amide bonds. The Bertz CT molecular complexity index is 937. The SMILES string of the molecule is O=C(O)c1cc2cccnc2c(-c2ccc(Br)cc2)c1C(F)(F)F. The van der Waals surface area contributed by atoms with Crippen LogP contribution in [0.4, 0.5) is 13.2 Å². The second kappa shape index (κ2) is 5.90. The van der Waals surface area contributed by atoms with Crippen molar-refractivity contribution in [2.75, 3.05) is 0 Å². The first-order chi connectivity index (χ1) is 11.3. The maximum atomic E-state index is 13.7. The Morgan fingerprint density at radius 3 is 2.38 bits per heavy atom. The van der Waals surface area contributed by atoms with Crippen LogP contribution in [-0.4, -0.2) is 16.1 Å². The molecule has 3 aromatic rings. The van der Waals surface area contributed by atoms with Crippen LogP contribution in [0.25, 0.3) is 22.0 Å². The number of alkyl halides is 3. The van der Waals surface area contributed by atoms with E-state index >= 15 is 0 Å². The third-order valence-corrected chi connectivity index (χ3v) is 4.07. The lowest BCUT2D eigenvalue weighted by molar-refractivity contribution is -0.137. The number of fused-ring (bicyclic) bond motifs is 1. The van der Waals surface area contributed by atoms with E-state index in [1.54, 1.807) is 18.2 Å². The van der Waals surface area contributed by atoms with Gasteiger partial charge >= 0.3 is 12.1 Å². The Hall–Kier alpha value is -2.41. The topological polar surface area (TPSA) is 50.2 Å². The molecule has 0 bridgehead atoms. The summed E-state index contributed by atoms with van der Waals surface area (Å²) in [6, 6.07) is 10.3. The van der Waals surface area contributed by atoms with Gasteiger partial charge in [0, 0.05) is 21.6 Å². The van der Waals surface area contributed by atoms with Crippen LogP contribution in [-0.2, 0) is 6.18 Å². The van der Waals surface area contributed by atoms with Crippen LogP contribution >= 0.6 is 15.9 Å². The molecule has 7 heteroatoms. The molecule has 2 aromatic carbocycles. The molecule has 0 saturated carbocycles. The molecule has 0 radical (unpaired) electrons. The van der Waals surface area contributed by atoms with Gasteiger partial charge in [0.05, 0.1) is 16.6 Å². The van der Waals surface area contributed by atoms with Crippen molar-refractivity contribution in [3.8, 4) is 11.1 Å². The molecule has 1 N–H and O–H groups in total. The number of aromatic carboxylic acids is 1. The van der Waals surface area contributed by atoms with Gasteiger partial charge < -0.3 is 5.11 Å². The maximum absolute atomic E-state index is 13.7. The van der Waals surface area contributed by atoms with Crippen LogP contribution in [0.15, 0.2) is 53.1 Å². The van der Waals surface area contributed by atoms with Crippen LogP contribution < -0.4 is 0 Å². The van der Waals surface area contributed by atoms with Crippen LogP contribution in [0, 0.1) is 0 Å². The molecule has 24 heavy (non-hydrogen) atoms. The molecule has 0 aliphatic carbocycles. The third-order valence-electron chi connectivity index (χ3n) is 3.54. The van der Waals surface area contributed by atoms with Gasteiger partial charge in [-0.3, -0.25) is 4.98 Å². The highest BCUT2D eigenvalue weighted by Crippen LogP contribution is 2.43. The van der Waals surface area contributed by atoms with Crippen molar-refractivity contribution < 1.29 is 23.1 Å². The predicted octanol–water partition coefficient (Wildman–Crippen LogP) is 5.38. The van der Waals surface area contributed by atoms with Crippen molar-refractivity contribution in [1.29, 1.82) is 0 Å². The van der Waals surface area contributed by atoms with Crippen LogP contribution in [0.3, 0.4) is 0 Å². The summed E-state index contributed by atoms with van der Waals surface area (Å²) in [5.41, 5.74) is -1.86. The molecule has 0 saturated heterocycles. The minimum atomic E-state index is -4.83. The summed E-state index contributed by atoms with van der Waals surface area (Å²) in [5.74, 6) is -1.63. The third kappa shape index (κ3) is 2.87. The van der Waals surface area contributed by atoms with Gasteiger partial charge in [-0.15, -0.1) is 0 Å². The highest BCUT2D eigenvalue weighted by molar-refractivity contribution is 9.10. The number of aromatic nitrogens is 1. The Morgan fingerprint density at radius 2 is 1.79 bits per heavy atom. The molecule has 0 atom stereocenters. The van der Waals surface area contributed by atoms with Gasteiger partial charge in [0.1, 0.15) is 0 Å². The average Bonchev–Trinajstić information content (AvgIpc) is 2.53. The Morgan fingerprint density at radius 1 is 1.12 bits per heavy atom. The van der Waals surface area contributed by atoms with Crippen molar-refractivity contribution in [3.63, 3.8) is 0 Å². The molecule has 1 aromatic heterocycles. The highest BCUT2D eigenvalue weighted by Gasteiger charge is 2.39. The van der Waals surface area contributed by atoms with E-state index in [0.717, 1.165) is 6.07 Å². The molecular weight excluding hydrogens is 387 g/mol. The number of pyridine rings is 1. The zero-order valence-corrected chi connectivity index (χ0v) is 13.5.